The highest BCUT2D eigenvalue weighted by Crippen LogP contribution is 2.25. The Labute approximate surface area is 106 Å². The van der Waals surface area contributed by atoms with Gasteiger partial charge in [-0.3, -0.25) is 0 Å². The van der Waals surface area contributed by atoms with Gasteiger partial charge < -0.3 is 5.11 Å². The molecule has 0 aliphatic carbocycles. The first-order valence-corrected chi connectivity index (χ1v) is 5.69. The third-order valence-corrected chi connectivity index (χ3v) is 2.92. The summed E-state index contributed by atoms with van der Waals surface area (Å²) in [6, 6.07) is 11.9. The van der Waals surface area contributed by atoms with Gasteiger partial charge >= 0.3 is 5.97 Å². The second-order valence-corrected chi connectivity index (χ2v) is 4.13. The van der Waals surface area contributed by atoms with Crippen molar-refractivity contribution in [2.75, 3.05) is 0 Å². The van der Waals surface area contributed by atoms with Gasteiger partial charge in [0.05, 0.1) is 0 Å². The van der Waals surface area contributed by atoms with Crippen molar-refractivity contribution in [2.24, 2.45) is 0 Å². The molecule has 2 rings (SSSR count). The van der Waals surface area contributed by atoms with Gasteiger partial charge in [-0.2, -0.15) is 0 Å². The van der Waals surface area contributed by atoms with Gasteiger partial charge in [-0.05, 0) is 34.9 Å². The van der Waals surface area contributed by atoms with E-state index in [4.69, 9.17) is 5.11 Å². The first kappa shape index (κ1) is 12.1. The third kappa shape index (κ3) is 2.18. The van der Waals surface area contributed by atoms with Gasteiger partial charge in [0.25, 0.3) is 0 Å². The smallest absolute Gasteiger partial charge is 0.331 e. The van der Waals surface area contributed by atoms with Crippen LogP contribution < -0.4 is 0 Å². The predicted octanol–water partition coefficient (Wildman–Crippen LogP) is 3.97. The van der Waals surface area contributed by atoms with Gasteiger partial charge in [-0.25, -0.2) is 4.79 Å². The summed E-state index contributed by atoms with van der Waals surface area (Å²) in [5.74, 6) is -0.905. The fourth-order valence-electron chi connectivity index (χ4n) is 1.93. The lowest BCUT2D eigenvalue weighted by molar-refractivity contribution is -0.132. The van der Waals surface area contributed by atoms with Gasteiger partial charge in [0.2, 0.25) is 0 Å². The summed E-state index contributed by atoms with van der Waals surface area (Å²) in [6.07, 6.45) is 3.44. The number of hydrogen-bond donors (Lipinski definition) is 1. The predicted molar refractivity (Wildman–Crippen MR) is 75.3 cm³/mol. The number of benzene rings is 2. The minimum Gasteiger partial charge on any atom is -0.478 e. The summed E-state index contributed by atoms with van der Waals surface area (Å²) in [5, 5.41) is 11.1. The topological polar surface area (TPSA) is 37.3 Å². The van der Waals surface area contributed by atoms with Crippen molar-refractivity contribution in [1.29, 1.82) is 0 Å². The Kier molecular flexibility index (Phi) is 3.28. The number of hydrogen-bond acceptors (Lipinski definition) is 1. The Morgan fingerprint density at radius 1 is 1.22 bits per heavy atom. The molecule has 0 saturated carbocycles. The summed E-state index contributed by atoms with van der Waals surface area (Å²) in [5.41, 5.74) is 2.16. The Hall–Kier alpha value is -2.35. The van der Waals surface area contributed by atoms with Crippen LogP contribution in [0.15, 0.2) is 48.6 Å². The molecule has 2 nitrogen and oxygen atoms in total. The standard InChI is InChI=1S/C16H14O2/c1-3-12-8-9-13-6-4-5-7-14(13)15(12)10-11(2)16(17)18/h3-10H,1H2,2H3,(H,17,18). The van der Waals surface area contributed by atoms with Crippen molar-refractivity contribution >= 4 is 28.9 Å². The molecule has 0 fully saturated rings. The van der Waals surface area contributed by atoms with Crippen LogP contribution in [0, 0.1) is 0 Å². The van der Waals surface area contributed by atoms with E-state index in [1.807, 2.05) is 36.4 Å². The molecule has 0 amide bonds. The number of carboxylic acids is 1. The van der Waals surface area contributed by atoms with E-state index >= 15 is 0 Å². The summed E-state index contributed by atoms with van der Waals surface area (Å²) < 4.78 is 0. The molecule has 2 aromatic rings. The minimum absolute atomic E-state index is 0.314. The summed E-state index contributed by atoms with van der Waals surface area (Å²) in [7, 11) is 0. The van der Waals surface area contributed by atoms with Crippen LogP contribution in [-0.2, 0) is 4.79 Å². The van der Waals surface area contributed by atoms with Crippen molar-refractivity contribution in [2.45, 2.75) is 6.92 Å². The molecule has 0 aliphatic heterocycles. The zero-order valence-corrected chi connectivity index (χ0v) is 10.2. The minimum atomic E-state index is -0.905. The Morgan fingerprint density at radius 3 is 2.61 bits per heavy atom. The van der Waals surface area contributed by atoms with Crippen molar-refractivity contribution in [3.05, 3.63) is 59.7 Å². The zero-order valence-electron chi connectivity index (χ0n) is 10.2. The van der Waals surface area contributed by atoms with Crippen LogP contribution in [0.5, 0.6) is 0 Å². The SMILES string of the molecule is C=Cc1ccc2ccccc2c1C=C(C)C(=O)O. The van der Waals surface area contributed by atoms with Gasteiger partial charge in [-0.1, -0.05) is 49.1 Å². The monoisotopic (exact) mass is 238 g/mol. The molecule has 0 saturated heterocycles. The maximum Gasteiger partial charge on any atom is 0.331 e. The highest BCUT2D eigenvalue weighted by atomic mass is 16.4. The normalized spacial score (nSPS) is 11.5. The van der Waals surface area contributed by atoms with Crippen LogP contribution in [0.25, 0.3) is 22.9 Å². The molecule has 0 heterocycles. The highest BCUT2D eigenvalue weighted by Gasteiger charge is 2.06. The average Bonchev–Trinajstić information content (AvgIpc) is 2.39. The van der Waals surface area contributed by atoms with E-state index in [2.05, 4.69) is 6.58 Å². The molecule has 90 valence electrons. The van der Waals surface area contributed by atoms with E-state index in [9.17, 15) is 4.79 Å². The van der Waals surface area contributed by atoms with Crippen molar-refractivity contribution < 1.29 is 9.90 Å². The molecular formula is C16H14O2. The molecule has 18 heavy (non-hydrogen) atoms. The Bertz CT molecular complexity index is 651. The molecule has 0 spiro atoms. The molecule has 2 aromatic carbocycles. The number of aliphatic carboxylic acids is 1. The van der Waals surface area contributed by atoms with Gasteiger partial charge in [-0.15, -0.1) is 0 Å². The second kappa shape index (κ2) is 4.88. The van der Waals surface area contributed by atoms with E-state index < -0.39 is 5.97 Å². The van der Waals surface area contributed by atoms with E-state index in [0.29, 0.717) is 5.57 Å². The van der Waals surface area contributed by atoms with Gasteiger partial charge in [0, 0.05) is 5.57 Å². The van der Waals surface area contributed by atoms with Crippen LogP contribution in [0.2, 0.25) is 0 Å². The Morgan fingerprint density at radius 2 is 1.94 bits per heavy atom. The molecular weight excluding hydrogens is 224 g/mol. The molecule has 0 atom stereocenters. The lowest BCUT2D eigenvalue weighted by Gasteiger charge is -2.07. The lowest BCUT2D eigenvalue weighted by Crippen LogP contribution is -1.96. The first-order chi connectivity index (χ1) is 8.63. The summed E-state index contributed by atoms with van der Waals surface area (Å²) in [6.45, 7) is 5.37. The van der Waals surface area contributed by atoms with E-state index in [-0.39, 0.29) is 0 Å². The molecule has 1 N–H and O–H groups in total. The van der Waals surface area contributed by atoms with Crippen molar-refractivity contribution in [3.8, 4) is 0 Å². The summed E-state index contributed by atoms with van der Waals surface area (Å²) >= 11 is 0. The fourth-order valence-corrected chi connectivity index (χ4v) is 1.93. The molecule has 0 aliphatic rings. The number of carboxylic acid groups (broad SMARTS) is 1. The fraction of sp³-hybridized carbons (Fsp3) is 0.0625. The van der Waals surface area contributed by atoms with Crippen LogP contribution >= 0.6 is 0 Å². The number of fused-ring (bicyclic) bond motifs is 1. The Balaban J connectivity index is 2.77. The maximum absolute atomic E-state index is 10.9. The highest BCUT2D eigenvalue weighted by molar-refractivity contribution is 5.99. The first-order valence-electron chi connectivity index (χ1n) is 5.69. The third-order valence-electron chi connectivity index (χ3n) is 2.92. The van der Waals surface area contributed by atoms with E-state index in [1.165, 1.54) is 0 Å². The average molecular weight is 238 g/mol. The van der Waals surface area contributed by atoms with Gasteiger partial charge in [0.1, 0.15) is 0 Å². The van der Waals surface area contributed by atoms with Gasteiger partial charge in [0.15, 0.2) is 0 Å². The number of rotatable bonds is 3. The van der Waals surface area contributed by atoms with Crippen LogP contribution in [0.4, 0.5) is 0 Å². The maximum atomic E-state index is 10.9. The van der Waals surface area contributed by atoms with Crippen LogP contribution in [-0.4, -0.2) is 11.1 Å². The molecule has 2 heteroatoms. The molecule has 0 radical (unpaired) electrons. The quantitative estimate of drug-likeness (QED) is 0.821. The molecule has 0 unspecified atom stereocenters. The lowest BCUT2D eigenvalue weighted by atomic mass is 9.97. The number of carbonyl (C=O) groups is 1. The van der Waals surface area contributed by atoms with Crippen molar-refractivity contribution in [1.82, 2.24) is 0 Å². The van der Waals surface area contributed by atoms with Crippen LogP contribution in [0.3, 0.4) is 0 Å². The summed E-state index contributed by atoms with van der Waals surface area (Å²) in [4.78, 5) is 10.9. The van der Waals surface area contributed by atoms with E-state index in [1.54, 1.807) is 19.1 Å². The molecule has 0 aromatic heterocycles. The van der Waals surface area contributed by atoms with Crippen molar-refractivity contribution in [3.63, 3.8) is 0 Å². The zero-order chi connectivity index (χ0) is 13.1. The largest absolute Gasteiger partial charge is 0.478 e. The van der Waals surface area contributed by atoms with Crippen LogP contribution in [0.1, 0.15) is 18.1 Å². The van der Waals surface area contributed by atoms with E-state index in [0.717, 1.165) is 21.9 Å². The second-order valence-electron chi connectivity index (χ2n) is 4.13. The molecule has 0 bridgehead atoms.